The van der Waals surface area contributed by atoms with E-state index in [2.05, 4.69) is 9.84 Å². The first-order valence-electron chi connectivity index (χ1n) is 10.9. The normalized spacial score (nSPS) is 12.5. The zero-order valence-electron chi connectivity index (χ0n) is 19.8. The minimum Gasteiger partial charge on any atom is -0.493 e. The maximum absolute atomic E-state index is 13.0. The van der Waals surface area contributed by atoms with Crippen LogP contribution in [0.5, 0.6) is 17.2 Å². The van der Waals surface area contributed by atoms with E-state index in [9.17, 15) is 18.0 Å². The summed E-state index contributed by atoms with van der Waals surface area (Å²) in [5.41, 5.74) is 2.29. The van der Waals surface area contributed by atoms with Gasteiger partial charge < -0.3 is 18.9 Å². The van der Waals surface area contributed by atoms with Crippen LogP contribution in [0, 0.1) is 6.92 Å². The van der Waals surface area contributed by atoms with Crippen LogP contribution >= 0.6 is 0 Å². The Labute approximate surface area is 204 Å². The molecule has 190 valence electrons. The Hall–Kier alpha value is -3.99. The van der Waals surface area contributed by atoms with Crippen molar-refractivity contribution in [2.45, 2.75) is 25.9 Å². The molecule has 0 aliphatic heterocycles. The van der Waals surface area contributed by atoms with Gasteiger partial charge in [0.25, 0.3) is 0 Å². The van der Waals surface area contributed by atoms with Crippen LogP contribution in [0.15, 0.2) is 65.6 Å². The number of aryl methyl sites for hydroxylation is 1. The van der Waals surface area contributed by atoms with Crippen molar-refractivity contribution in [1.82, 2.24) is 14.2 Å². The second-order valence-corrected chi connectivity index (χ2v) is 8.01. The minimum atomic E-state index is -4.76. The van der Waals surface area contributed by atoms with E-state index in [1.165, 1.54) is 40.5 Å². The van der Waals surface area contributed by atoms with E-state index in [1.807, 2.05) is 19.1 Å². The summed E-state index contributed by atoms with van der Waals surface area (Å²) < 4.78 is 60.4. The molecule has 1 unspecified atom stereocenters. The highest BCUT2D eigenvalue weighted by molar-refractivity contribution is 5.65. The van der Waals surface area contributed by atoms with Gasteiger partial charge in [0.2, 0.25) is 0 Å². The van der Waals surface area contributed by atoms with Gasteiger partial charge in [0.05, 0.1) is 13.7 Å². The van der Waals surface area contributed by atoms with E-state index in [0.29, 0.717) is 28.3 Å². The Balaban J connectivity index is 1.50. The molecule has 36 heavy (non-hydrogen) atoms. The number of fused-ring (bicyclic) bond motifs is 1. The van der Waals surface area contributed by atoms with Crippen LogP contribution < -0.4 is 19.9 Å². The summed E-state index contributed by atoms with van der Waals surface area (Å²) in [7, 11) is 3.08. The van der Waals surface area contributed by atoms with Crippen molar-refractivity contribution in [2.75, 3.05) is 20.8 Å². The molecule has 11 heteroatoms. The predicted octanol–water partition coefficient (Wildman–Crippen LogP) is 4.47. The van der Waals surface area contributed by atoms with E-state index in [1.54, 1.807) is 31.5 Å². The predicted molar refractivity (Wildman–Crippen MR) is 126 cm³/mol. The van der Waals surface area contributed by atoms with Gasteiger partial charge in [-0.15, -0.1) is 18.3 Å². The number of hydrogen-bond acceptors (Lipinski definition) is 6. The Morgan fingerprint density at radius 1 is 0.972 bits per heavy atom. The lowest BCUT2D eigenvalue weighted by molar-refractivity contribution is -0.274. The number of halogens is 3. The maximum atomic E-state index is 13.0. The molecule has 2 heterocycles. The zero-order valence-corrected chi connectivity index (χ0v) is 19.8. The number of rotatable bonds is 9. The summed E-state index contributed by atoms with van der Waals surface area (Å²) >= 11 is 0. The van der Waals surface area contributed by atoms with Crippen LogP contribution in [0.1, 0.15) is 5.56 Å². The molecule has 1 atom stereocenters. The quantitative estimate of drug-likeness (QED) is 0.336. The van der Waals surface area contributed by atoms with Crippen LogP contribution in [-0.2, 0) is 11.3 Å². The fourth-order valence-corrected chi connectivity index (χ4v) is 3.62. The van der Waals surface area contributed by atoms with Crippen molar-refractivity contribution in [3.63, 3.8) is 0 Å². The number of ether oxygens (including phenoxy) is 4. The SMILES string of the molecule is COc1cc(C)ccc1OCC(Cn1nc2ccc(-c3ccc(OC(F)(F)F)cc3)cn2c1=O)OC. The van der Waals surface area contributed by atoms with Gasteiger partial charge in [-0.05, 0) is 60.0 Å². The van der Waals surface area contributed by atoms with Gasteiger partial charge in [-0.3, -0.25) is 0 Å². The average molecular weight is 503 g/mol. The molecule has 4 aromatic rings. The Bertz CT molecular complexity index is 1400. The maximum Gasteiger partial charge on any atom is 0.573 e. The third kappa shape index (κ3) is 5.80. The summed E-state index contributed by atoms with van der Waals surface area (Å²) in [6.45, 7) is 2.25. The van der Waals surface area contributed by atoms with E-state index in [-0.39, 0.29) is 24.6 Å². The summed E-state index contributed by atoms with van der Waals surface area (Å²) in [5.74, 6) is 0.831. The molecule has 2 aromatic heterocycles. The number of hydrogen-bond donors (Lipinski definition) is 0. The van der Waals surface area contributed by atoms with Crippen LogP contribution in [-0.4, -0.2) is 47.5 Å². The second-order valence-electron chi connectivity index (χ2n) is 8.01. The lowest BCUT2D eigenvalue weighted by Gasteiger charge is -2.17. The lowest BCUT2D eigenvalue weighted by atomic mass is 10.1. The molecule has 0 aliphatic rings. The Morgan fingerprint density at radius 3 is 2.36 bits per heavy atom. The van der Waals surface area contributed by atoms with Crippen molar-refractivity contribution in [3.05, 3.63) is 76.8 Å². The zero-order chi connectivity index (χ0) is 25.9. The number of nitrogens with zero attached hydrogens (tertiary/aromatic N) is 3. The van der Waals surface area contributed by atoms with Crippen LogP contribution in [0.3, 0.4) is 0 Å². The van der Waals surface area contributed by atoms with Crippen molar-refractivity contribution in [3.8, 4) is 28.4 Å². The Morgan fingerprint density at radius 2 is 1.69 bits per heavy atom. The number of pyridine rings is 1. The van der Waals surface area contributed by atoms with Gasteiger partial charge in [-0.2, -0.15) is 0 Å². The lowest BCUT2D eigenvalue weighted by Crippen LogP contribution is -2.32. The number of aromatic nitrogens is 3. The van der Waals surface area contributed by atoms with Crippen molar-refractivity contribution >= 4 is 5.65 Å². The van der Waals surface area contributed by atoms with Crippen molar-refractivity contribution < 1.29 is 32.1 Å². The highest BCUT2D eigenvalue weighted by atomic mass is 19.4. The smallest absolute Gasteiger partial charge is 0.493 e. The molecule has 0 fully saturated rings. The highest BCUT2D eigenvalue weighted by Gasteiger charge is 2.31. The molecule has 0 radical (unpaired) electrons. The third-order valence-corrected chi connectivity index (χ3v) is 5.45. The Kier molecular flexibility index (Phi) is 7.20. The summed E-state index contributed by atoms with van der Waals surface area (Å²) in [6.07, 6.45) is -3.66. The molecule has 0 aliphatic carbocycles. The highest BCUT2D eigenvalue weighted by Crippen LogP contribution is 2.28. The minimum absolute atomic E-state index is 0.143. The number of methoxy groups -OCH3 is 2. The van der Waals surface area contributed by atoms with Gasteiger partial charge in [-0.1, -0.05) is 18.2 Å². The number of alkyl halides is 3. The molecule has 0 saturated carbocycles. The van der Waals surface area contributed by atoms with Crippen molar-refractivity contribution in [2.24, 2.45) is 0 Å². The van der Waals surface area contributed by atoms with Crippen LogP contribution in [0.4, 0.5) is 13.2 Å². The fourth-order valence-electron chi connectivity index (χ4n) is 3.62. The fraction of sp³-hybridized carbons (Fsp3) is 0.280. The first-order chi connectivity index (χ1) is 17.2. The van der Waals surface area contributed by atoms with Gasteiger partial charge in [0.1, 0.15) is 18.5 Å². The topological polar surface area (TPSA) is 76.2 Å². The molecule has 0 N–H and O–H groups in total. The standard InChI is InChI=1S/C25H24F3N3O5/c1-16-4-10-21(22(12-16)34-3)35-15-20(33-2)14-31-24(32)30-13-18(7-11-23(30)29-31)17-5-8-19(9-6-17)36-25(26,27)28/h4-13,20H,14-15H2,1-3H3. The first-order valence-corrected chi connectivity index (χ1v) is 10.9. The molecule has 8 nitrogen and oxygen atoms in total. The van der Waals surface area contributed by atoms with E-state index < -0.39 is 12.5 Å². The second kappa shape index (κ2) is 10.3. The van der Waals surface area contributed by atoms with Crippen LogP contribution in [0.2, 0.25) is 0 Å². The molecule has 0 spiro atoms. The molecule has 0 bridgehead atoms. The van der Waals surface area contributed by atoms with Crippen molar-refractivity contribution in [1.29, 1.82) is 0 Å². The van der Waals surface area contributed by atoms with E-state index >= 15 is 0 Å². The number of benzene rings is 2. The molecular formula is C25H24F3N3O5. The largest absolute Gasteiger partial charge is 0.573 e. The van der Waals surface area contributed by atoms with Crippen LogP contribution in [0.25, 0.3) is 16.8 Å². The summed E-state index contributed by atoms with van der Waals surface area (Å²) in [5, 5.41) is 4.35. The van der Waals surface area contributed by atoms with E-state index in [0.717, 1.165) is 5.56 Å². The summed E-state index contributed by atoms with van der Waals surface area (Å²) in [6, 6.07) is 14.3. The van der Waals surface area contributed by atoms with Gasteiger partial charge in [0.15, 0.2) is 17.1 Å². The summed E-state index contributed by atoms with van der Waals surface area (Å²) in [4.78, 5) is 13.0. The molecule has 4 rings (SSSR count). The molecule has 0 saturated heterocycles. The van der Waals surface area contributed by atoms with Gasteiger partial charge >= 0.3 is 12.1 Å². The molecule has 2 aromatic carbocycles. The van der Waals surface area contributed by atoms with Gasteiger partial charge in [-0.25, -0.2) is 13.9 Å². The third-order valence-electron chi connectivity index (χ3n) is 5.45. The first kappa shape index (κ1) is 25.1. The molecular weight excluding hydrogens is 479 g/mol. The van der Waals surface area contributed by atoms with Gasteiger partial charge in [0, 0.05) is 13.3 Å². The average Bonchev–Trinajstić information content (AvgIpc) is 3.16. The monoisotopic (exact) mass is 503 g/mol. The van der Waals surface area contributed by atoms with E-state index in [4.69, 9.17) is 14.2 Å². The molecule has 0 amide bonds.